The van der Waals surface area contributed by atoms with Crippen LogP contribution in [0.3, 0.4) is 0 Å². The Bertz CT molecular complexity index is 904. The van der Waals surface area contributed by atoms with Gasteiger partial charge in [-0.05, 0) is 42.0 Å². The quantitative estimate of drug-likeness (QED) is 0.781. The van der Waals surface area contributed by atoms with Gasteiger partial charge in [0.25, 0.3) is 5.91 Å². The number of aromatic nitrogens is 1. The van der Waals surface area contributed by atoms with Crippen molar-refractivity contribution >= 4 is 16.8 Å². The molecule has 2 heterocycles. The van der Waals surface area contributed by atoms with Crippen LogP contribution in [0.25, 0.3) is 10.9 Å². The Labute approximate surface area is 131 Å². The molecular formula is C17H13FN2O3. The maximum atomic E-state index is 13.2. The van der Waals surface area contributed by atoms with E-state index in [4.69, 9.17) is 9.47 Å². The Hall–Kier alpha value is -3.02. The van der Waals surface area contributed by atoms with Gasteiger partial charge < -0.3 is 19.8 Å². The van der Waals surface area contributed by atoms with Crippen molar-refractivity contribution in [3.05, 3.63) is 59.5 Å². The molecule has 0 unspecified atom stereocenters. The van der Waals surface area contributed by atoms with Gasteiger partial charge in [0.1, 0.15) is 11.5 Å². The van der Waals surface area contributed by atoms with E-state index in [0.717, 1.165) is 10.9 Å². The van der Waals surface area contributed by atoms with Gasteiger partial charge >= 0.3 is 0 Å². The van der Waals surface area contributed by atoms with E-state index in [1.165, 1.54) is 12.1 Å². The van der Waals surface area contributed by atoms with E-state index in [-0.39, 0.29) is 18.5 Å². The Morgan fingerprint density at radius 1 is 1.13 bits per heavy atom. The maximum Gasteiger partial charge on any atom is 0.267 e. The van der Waals surface area contributed by atoms with Crippen molar-refractivity contribution in [1.82, 2.24) is 10.3 Å². The van der Waals surface area contributed by atoms with E-state index in [2.05, 4.69) is 10.3 Å². The lowest BCUT2D eigenvalue weighted by Crippen LogP contribution is -2.23. The molecule has 1 aliphatic heterocycles. The number of rotatable bonds is 3. The van der Waals surface area contributed by atoms with Crippen LogP contribution < -0.4 is 14.8 Å². The smallest absolute Gasteiger partial charge is 0.267 e. The molecule has 4 rings (SSSR count). The Morgan fingerprint density at radius 2 is 2.00 bits per heavy atom. The van der Waals surface area contributed by atoms with Gasteiger partial charge in [-0.1, -0.05) is 6.07 Å². The topological polar surface area (TPSA) is 63.4 Å². The number of H-pyrrole nitrogens is 1. The normalized spacial score (nSPS) is 12.6. The van der Waals surface area contributed by atoms with E-state index in [9.17, 15) is 9.18 Å². The number of benzene rings is 2. The summed E-state index contributed by atoms with van der Waals surface area (Å²) in [5.74, 6) is 0.793. The second-order valence-corrected chi connectivity index (χ2v) is 5.28. The minimum absolute atomic E-state index is 0.219. The summed E-state index contributed by atoms with van der Waals surface area (Å²) < 4.78 is 23.7. The first-order valence-corrected chi connectivity index (χ1v) is 7.14. The number of halogens is 1. The monoisotopic (exact) mass is 312 g/mol. The summed E-state index contributed by atoms with van der Waals surface area (Å²) in [7, 11) is 0. The lowest BCUT2D eigenvalue weighted by molar-refractivity contribution is 0.0946. The predicted molar refractivity (Wildman–Crippen MR) is 82.0 cm³/mol. The number of carbonyl (C=O) groups excluding carboxylic acids is 1. The first-order chi connectivity index (χ1) is 11.2. The maximum absolute atomic E-state index is 13.2. The van der Waals surface area contributed by atoms with Crippen molar-refractivity contribution in [3.8, 4) is 11.5 Å². The van der Waals surface area contributed by atoms with E-state index >= 15 is 0 Å². The Morgan fingerprint density at radius 3 is 2.91 bits per heavy atom. The zero-order valence-electron chi connectivity index (χ0n) is 12.1. The highest BCUT2D eigenvalue weighted by Gasteiger charge is 2.14. The van der Waals surface area contributed by atoms with Gasteiger partial charge in [-0.3, -0.25) is 4.79 Å². The van der Waals surface area contributed by atoms with Crippen molar-refractivity contribution in [1.29, 1.82) is 0 Å². The second kappa shape index (κ2) is 5.31. The number of hydrogen-bond acceptors (Lipinski definition) is 3. The fraction of sp³-hybridized carbons (Fsp3) is 0.118. The first kappa shape index (κ1) is 13.6. The minimum Gasteiger partial charge on any atom is -0.454 e. The van der Waals surface area contributed by atoms with Gasteiger partial charge in [-0.2, -0.15) is 0 Å². The zero-order valence-corrected chi connectivity index (χ0v) is 12.1. The van der Waals surface area contributed by atoms with Crippen LogP contribution in [-0.4, -0.2) is 17.7 Å². The average Bonchev–Trinajstić information content (AvgIpc) is 3.17. The number of ether oxygens (including phenoxy) is 2. The van der Waals surface area contributed by atoms with Crippen molar-refractivity contribution in [2.45, 2.75) is 6.54 Å². The summed E-state index contributed by atoms with van der Waals surface area (Å²) >= 11 is 0. The molecule has 2 N–H and O–H groups in total. The van der Waals surface area contributed by atoms with Crippen LogP contribution in [0.2, 0.25) is 0 Å². The third-order valence-electron chi connectivity index (χ3n) is 3.72. The lowest BCUT2D eigenvalue weighted by Gasteiger charge is -2.05. The Balaban J connectivity index is 1.48. The molecule has 1 amide bonds. The summed E-state index contributed by atoms with van der Waals surface area (Å²) in [6.45, 7) is 0.579. The van der Waals surface area contributed by atoms with E-state index in [0.29, 0.717) is 29.3 Å². The number of hydrogen-bond donors (Lipinski definition) is 2. The van der Waals surface area contributed by atoms with Crippen molar-refractivity contribution < 1.29 is 18.7 Å². The van der Waals surface area contributed by atoms with Crippen molar-refractivity contribution in [2.24, 2.45) is 0 Å². The third kappa shape index (κ3) is 2.59. The molecule has 0 saturated heterocycles. The zero-order chi connectivity index (χ0) is 15.8. The highest BCUT2D eigenvalue weighted by molar-refractivity contribution is 5.97. The molecule has 0 fully saturated rings. The molecule has 2 aromatic carbocycles. The van der Waals surface area contributed by atoms with Crippen LogP contribution in [0.4, 0.5) is 4.39 Å². The van der Waals surface area contributed by atoms with Crippen LogP contribution in [0.1, 0.15) is 16.1 Å². The highest BCUT2D eigenvalue weighted by Crippen LogP contribution is 2.32. The number of fused-ring (bicyclic) bond motifs is 2. The van der Waals surface area contributed by atoms with Gasteiger partial charge in [0.05, 0.1) is 0 Å². The molecule has 6 heteroatoms. The summed E-state index contributed by atoms with van der Waals surface area (Å²) in [6, 6.07) is 11.6. The molecule has 0 spiro atoms. The fourth-order valence-corrected chi connectivity index (χ4v) is 2.55. The van der Waals surface area contributed by atoms with Crippen molar-refractivity contribution in [2.75, 3.05) is 6.79 Å². The third-order valence-corrected chi connectivity index (χ3v) is 3.72. The number of carbonyl (C=O) groups is 1. The van der Waals surface area contributed by atoms with Gasteiger partial charge in [0.2, 0.25) is 6.79 Å². The van der Waals surface area contributed by atoms with Gasteiger partial charge in [0.15, 0.2) is 11.5 Å². The summed E-state index contributed by atoms with van der Waals surface area (Å²) in [6.07, 6.45) is 0. The molecule has 116 valence electrons. The molecule has 0 radical (unpaired) electrons. The number of amides is 1. The van der Waals surface area contributed by atoms with Gasteiger partial charge in [0, 0.05) is 17.4 Å². The summed E-state index contributed by atoms with van der Waals surface area (Å²) in [4.78, 5) is 15.1. The van der Waals surface area contributed by atoms with Gasteiger partial charge in [-0.25, -0.2) is 4.39 Å². The Kier molecular flexibility index (Phi) is 3.15. The molecule has 0 bridgehead atoms. The molecule has 0 atom stereocenters. The first-order valence-electron chi connectivity index (χ1n) is 7.14. The van der Waals surface area contributed by atoms with Crippen molar-refractivity contribution in [3.63, 3.8) is 0 Å². The van der Waals surface area contributed by atoms with E-state index in [1.807, 2.05) is 18.2 Å². The molecular weight excluding hydrogens is 299 g/mol. The molecule has 1 aliphatic rings. The number of nitrogens with one attached hydrogen (secondary N) is 2. The number of aromatic amines is 1. The lowest BCUT2D eigenvalue weighted by atomic mass is 10.2. The van der Waals surface area contributed by atoms with E-state index in [1.54, 1.807) is 12.1 Å². The van der Waals surface area contributed by atoms with Crippen LogP contribution in [-0.2, 0) is 6.54 Å². The predicted octanol–water partition coefficient (Wildman–Crippen LogP) is 2.97. The summed E-state index contributed by atoms with van der Waals surface area (Å²) in [5, 5.41) is 3.61. The molecule has 0 saturated carbocycles. The van der Waals surface area contributed by atoms with Crippen LogP contribution >= 0.6 is 0 Å². The summed E-state index contributed by atoms with van der Waals surface area (Å²) in [5.41, 5.74) is 1.90. The van der Waals surface area contributed by atoms with Gasteiger partial charge in [-0.15, -0.1) is 0 Å². The van der Waals surface area contributed by atoms with E-state index < -0.39 is 0 Å². The second-order valence-electron chi connectivity index (χ2n) is 5.28. The fourth-order valence-electron chi connectivity index (χ4n) is 2.55. The standard InChI is InChI=1S/C17H13FN2O3/c18-12-3-2-11-6-14(20-13(11)7-12)17(21)19-8-10-1-4-15-16(5-10)23-9-22-15/h1-7,20H,8-9H2,(H,19,21). The molecule has 3 aromatic rings. The van der Waals surface area contributed by atoms with Crippen LogP contribution in [0, 0.1) is 5.82 Å². The molecule has 5 nitrogen and oxygen atoms in total. The molecule has 1 aromatic heterocycles. The molecule has 23 heavy (non-hydrogen) atoms. The minimum atomic E-state index is -0.341. The van der Waals surface area contributed by atoms with Crippen LogP contribution in [0.5, 0.6) is 11.5 Å². The molecule has 0 aliphatic carbocycles. The van der Waals surface area contributed by atoms with Crippen LogP contribution in [0.15, 0.2) is 42.5 Å². The largest absolute Gasteiger partial charge is 0.454 e. The highest BCUT2D eigenvalue weighted by atomic mass is 19.1. The average molecular weight is 312 g/mol. The SMILES string of the molecule is O=C(NCc1ccc2c(c1)OCO2)c1cc2ccc(F)cc2[nH]1.